The number of rotatable bonds is 3. The van der Waals surface area contributed by atoms with Crippen molar-refractivity contribution in [1.29, 1.82) is 0 Å². The summed E-state index contributed by atoms with van der Waals surface area (Å²) >= 11 is 0. The van der Waals surface area contributed by atoms with Gasteiger partial charge < -0.3 is 19.9 Å². The number of nitrogens with zero attached hydrogens (tertiary/aromatic N) is 2. The molecule has 1 amide bonds. The van der Waals surface area contributed by atoms with E-state index in [1.807, 2.05) is 0 Å². The summed E-state index contributed by atoms with van der Waals surface area (Å²) < 4.78 is 15.9. The molecule has 2 aromatic rings. The maximum Gasteiger partial charge on any atom is 0.404 e. The van der Waals surface area contributed by atoms with Gasteiger partial charge in [-0.2, -0.15) is 0 Å². The van der Waals surface area contributed by atoms with Crippen LogP contribution in [0.5, 0.6) is 0 Å². The minimum absolute atomic E-state index is 0.0156. The largest absolute Gasteiger partial charge is 0.465 e. The maximum absolute atomic E-state index is 14.2. The topological polar surface area (TPSA) is 74.6 Å². The summed E-state index contributed by atoms with van der Waals surface area (Å²) in [5.41, 5.74) is 1.26. The van der Waals surface area contributed by atoms with Crippen LogP contribution >= 0.6 is 0 Å². The summed E-state index contributed by atoms with van der Waals surface area (Å²) in [6, 6.07) is 6.40. The van der Waals surface area contributed by atoms with E-state index in [1.165, 1.54) is 6.07 Å². The summed E-state index contributed by atoms with van der Waals surface area (Å²) in [6.45, 7) is 2.21. The van der Waals surface area contributed by atoms with E-state index < -0.39 is 6.09 Å². The van der Waals surface area contributed by atoms with Crippen molar-refractivity contribution < 1.29 is 14.3 Å². The first-order chi connectivity index (χ1) is 12.0. The lowest BCUT2D eigenvalue weighted by molar-refractivity contribution is 0.158. The van der Waals surface area contributed by atoms with Gasteiger partial charge in [-0.25, -0.2) is 9.18 Å². The quantitative estimate of drug-likeness (QED) is 0.892. The van der Waals surface area contributed by atoms with Crippen molar-refractivity contribution in [1.82, 2.24) is 14.8 Å². The second-order valence-electron chi connectivity index (χ2n) is 6.89. The number of nitrogens with one attached hydrogen (secondary N) is 1. The van der Waals surface area contributed by atoms with Gasteiger partial charge in [0.1, 0.15) is 5.82 Å². The lowest BCUT2D eigenvalue weighted by Gasteiger charge is -2.33. The zero-order valence-electron chi connectivity index (χ0n) is 13.7. The molecule has 7 heteroatoms. The van der Waals surface area contributed by atoms with Gasteiger partial charge in [-0.05, 0) is 42.8 Å². The number of piperidine rings is 1. The minimum Gasteiger partial charge on any atom is -0.465 e. The maximum atomic E-state index is 14.2. The van der Waals surface area contributed by atoms with E-state index in [4.69, 9.17) is 5.11 Å². The molecule has 1 aromatic heterocycles. The normalized spacial score (nSPS) is 20.9. The van der Waals surface area contributed by atoms with Crippen molar-refractivity contribution in [2.45, 2.75) is 31.3 Å². The van der Waals surface area contributed by atoms with Gasteiger partial charge >= 0.3 is 6.09 Å². The molecule has 25 heavy (non-hydrogen) atoms. The Bertz CT molecular complexity index is 887. The van der Waals surface area contributed by atoms with Crippen molar-refractivity contribution in [2.24, 2.45) is 0 Å². The van der Waals surface area contributed by atoms with Crippen LogP contribution in [0.15, 0.2) is 29.1 Å². The van der Waals surface area contributed by atoms with E-state index in [1.54, 1.807) is 22.8 Å². The smallest absolute Gasteiger partial charge is 0.404 e. The second-order valence-corrected chi connectivity index (χ2v) is 6.89. The van der Waals surface area contributed by atoms with Crippen LogP contribution < -0.4 is 10.9 Å². The van der Waals surface area contributed by atoms with Gasteiger partial charge in [-0.1, -0.05) is 0 Å². The first-order valence-electron chi connectivity index (χ1n) is 8.57. The van der Waals surface area contributed by atoms with Crippen LogP contribution in [0.4, 0.5) is 9.18 Å². The van der Waals surface area contributed by atoms with Crippen LogP contribution in [-0.4, -0.2) is 46.3 Å². The molecule has 0 radical (unpaired) electrons. The lowest BCUT2D eigenvalue weighted by Crippen LogP contribution is -2.46. The average Bonchev–Trinajstić information content (AvgIpc) is 2.96. The molecule has 1 aromatic carbocycles. The predicted molar refractivity (Wildman–Crippen MR) is 91.5 cm³/mol. The van der Waals surface area contributed by atoms with Crippen LogP contribution in [0.25, 0.3) is 10.9 Å². The van der Waals surface area contributed by atoms with Crippen molar-refractivity contribution >= 4 is 17.0 Å². The molecule has 1 saturated heterocycles. The Hall–Kier alpha value is -2.41. The summed E-state index contributed by atoms with van der Waals surface area (Å²) in [5.74, 6) is -0.251. The summed E-state index contributed by atoms with van der Waals surface area (Å²) in [4.78, 5) is 25.3. The highest BCUT2D eigenvalue weighted by Crippen LogP contribution is 2.33. The molecule has 1 fully saturated rings. The molecule has 0 saturated carbocycles. The molecule has 1 unspecified atom stereocenters. The van der Waals surface area contributed by atoms with Crippen molar-refractivity contribution in [3.63, 3.8) is 0 Å². The number of amides is 1. The predicted octanol–water partition coefficient (Wildman–Crippen LogP) is 1.97. The van der Waals surface area contributed by atoms with E-state index >= 15 is 0 Å². The van der Waals surface area contributed by atoms with E-state index in [2.05, 4.69) is 10.2 Å². The number of carbonyl (C=O) groups is 1. The molecule has 1 atom stereocenters. The molecule has 132 valence electrons. The third-order valence-corrected chi connectivity index (χ3v) is 5.33. The number of likely N-dealkylation sites (tertiary alicyclic amines) is 1. The summed E-state index contributed by atoms with van der Waals surface area (Å²) in [5, 5.41) is 12.2. The fourth-order valence-corrected chi connectivity index (χ4v) is 4.16. The molecule has 2 aliphatic rings. The molecule has 0 spiro atoms. The average molecular weight is 345 g/mol. The number of benzene rings is 1. The molecular formula is C18H20FN3O3. The van der Waals surface area contributed by atoms with Crippen LogP contribution in [0.1, 0.15) is 24.4 Å². The molecule has 0 bridgehead atoms. The van der Waals surface area contributed by atoms with Crippen molar-refractivity contribution in [3.8, 4) is 0 Å². The first-order valence-corrected chi connectivity index (χ1v) is 8.57. The highest BCUT2D eigenvalue weighted by molar-refractivity contribution is 5.84. The van der Waals surface area contributed by atoms with Gasteiger partial charge in [0.25, 0.3) is 5.56 Å². The highest BCUT2D eigenvalue weighted by Gasteiger charge is 2.30. The van der Waals surface area contributed by atoms with Gasteiger partial charge in [0.15, 0.2) is 0 Å². The molecule has 6 nitrogen and oxygen atoms in total. The number of hydrogen-bond acceptors (Lipinski definition) is 3. The number of carboxylic acid groups (broad SMARTS) is 1. The Morgan fingerprint density at radius 3 is 2.68 bits per heavy atom. The number of halogens is 1. The zero-order chi connectivity index (χ0) is 17.6. The molecule has 4 rings (SSSR count). The van der Waals surface area contributed by atoms with Crippen LogP contribution in [0.2, 0.25) is 0 Å². The van der Waals surface area contributed by atoms with Crippen LogP contribution in [-0.2, 0) is 6.42 Å². The third-order valence-electron chi connectivity index (χ3n) is 5.33. The standard InChI is InChI=1S/C18H20FN3O3/c19-15-3-1-11-2-4-16(23)22-13(9-14(15)17(11)22)10-21-7-5-12(6-8-21)20-18(24)25/h1-4,12-13,20H,5-10H2,(H,24,25). The third kappa shape index (κ3) is 2.89. The first kappa shape index (κ1) is 16.1. The molecule has 3 heterocycles. The number of pyridine rings is 1. The Labute approximate surface area is 143 Å². The minimum atomic E-state index is -0.988. The molecule has 2 N–H and O–H groups in total. The Balaban J connectivity index is 1.53. The lowest BCUT2D eigenvalue weighted by atomic mass is 10.0. The molecule has 2 aliphatic heterocycles. The van der Waals surface area contributed by atoms with Gasteiger partial charge in [-0.3, -0.25) is 4.79 Å². The van der Waals surface area contributed by atoms with E-state index in [0.717, 1.165) is 36.8 Å². The number of aromatic nitrogens is 1. The Morgan fingerprint density at radius 1 is 1.24 bits per heavy atom. The van der Waals surface area contributed by atoms with Gasteiger partial charge in [0, 0.05) is 37.3 Å². The van der Waals surface area contributed by atoms with Crippen LogP contribution in [0.3, 0.4) is 0 Å². The second kappa shape index (κ2) is 6.15. The van der Waals surface area contributed by atoms with Crippen molar-refractivity contribution in [3.05, 3.63) is 46.0 Å². The summed E-state index contributed by atoms with van der Waals surface area (Å²) in [7, 11) is 0. The fourth-order valence-electron chi connectivity index (χ4n) is 4.16. The highest BCUT2D eigenvalue weighted by atomic mass is 19.1. The van der Waals surface area contributed by atoms with Gasteiger partial charge in [0.2, 0.25) is 0 Å². The number of hydrogen-bond donors (Lipinski definition) is 2. The SMILES string of the molecule is O=C(O)NC1CCN(CC2Cc3c(F)ccc4ccc(=O)n2c34)CC1. The Morgan fingerprint density at radius 2 is 1.96 bits per heavy atom. The molecule has 0 aliphatic carbocycles. The monoisotopic (exact) mass is 345 g/mol. The van der Waals surface area contributed by atoms with E-state index in [0.29, 0.717) is 18.5 Å². The Kier molecular flexibility index (Phi) is 3.95. The molecular weight excluding hydrogens is 325 g/mol. The summed E-state index contributed by atoms with van der Waals surface area (Å²) in [6.07, 6.45) is 1.03. The van der Waals surface area contributed by atoms with Crippen LogP contribution in [0, 0.1) is 5.82 Å². The van der Waals surface area contributed by atoms with Gasteiger partial charge in [-0.15, -0.1) is 0 Å². The van der Waals surface area contributed by atoms with E-state index in [-0.39, 0.29) is 23.5 Å². The zero-order valence-corrected chi connectivity index (χ0v) is 13.7. The fraction of sp³-hybridized carbons (Fsp3) is 0.444. The van der Waals surface area contributed by atoms with E-state index in [9.17, 15) is 14.0 Å². The van der Waals surface area contributed by atoms with Gasteiger partial charge in [0.05, 0.1) is 11.6 Å². The van der Waals surface area contributed by atoms with Crippen molar-refractivity contribution in [2.75, 3.05) is 19.6 Å².